The molecule has 1 aliphatic heterocycles. The number of hydrogen-bond donors (Lipinski definition) is 1. The zero-order chi connectivity index (χ0) is 15.9. The Balaban J connectivity index is 1.97. The Morgan fingerprint density at radius 3 is 2.55 bits per heavy atom. The van der Waals surface area contributed by atoms with Gasteiger partial charge in [-0.1, -0.05) is 30.4 Å². The van der Waals surface area contributed by atoms with Crippen LogP contribution in [-0.4, -0.2) is 33.6 Å². The molecule has 0 amide bonds. The summed E-state index contributed by atoms with van der Waals surface area (Å²) in [5.74, 6) is 0. The second-order valence-electron chi connectivity index (χ2n) is 6.40. The number of pyridine rings is 1. The number of hydrogen-bond acceptors (Lipinski definition) is 3. The molecule has 2 aromatic rings. The van der Waals surface area contributed by atoms with E-state index in [9.17, 15) is 5.11 Å². The lowest BCUT2D eigenvalue weighted by Gasteiger charge is -2.29. The Hall–Kier alpha value is -1.71. The number of para-hydroxylation sites is 1. The molecule has 0 bridgehead atoms. The molecule has 3 nitrogen and oxygen atoms in total. The summed E-state index contributed by atoms with van der Waals surface area (Å²) >= 11 is 0. The number of nitrogens with zero attached hydrogens (tertiary/aromatic N) is 2. The standard InChI is InChI=1S/C19H24N2O/c1-12-6-5-7-16-17(10-13(2)20-19(12)16)18(22)11-21-14(3)8-9-15(21)4/h5-10,14-15,18,22H,11H2,1-4H3. The Morgan fingerprint density at radius 1 is 1.18 bits per heavy atom. The molecule has 3 atom stereocenters. The molecule has 1 aliphatic rings. The van der Waals surface area contributed by atoms with Crippen molar-refractivity contribution in [2.75, 3.05) is 6.54 Å². The van der Waals surface area contributed by atoms with Gasteiger partial charge in [0, 0.05) is 29.7 Å². The maximum Gasteiger partial charge on any atom is 0.0924 e. The molecule has 0 fully saturated rings. The van der Waals surface area contributed by atoms with Crippen molar-refractivity contribution in [2.24, 2.45) is 0 Å². The van der Waals surface area contributed by atoms with Gasteiger partial charge in [0.25, 0.3) is 0 Å². The SMILES string of the molecule is Cc1cc(C(O)CN2C(C)C=CC2C)c2cccc(C)c2n1. The number of aryl methyl sites for hydroxylation is 2. The van der Waals surface area contributed by atoms with E-state index in [1.54, 1.807) is 0 Å². The van der Waals surface area contributed by atoms with E-state index in [1.807, 2.05) is 19.1 Å². The van der Waals surface area contributed by atoms with Crippen LogP contribution >= 0.6 is 0 Å². The third-order valence-corrected chi connectivity index (χ3v) is 4.66. The van der Waals surface area contributed by atoms with Crippen LogP contribution in [0.3, 0.4) is 0 Å². The van der Waals surface area contributed by atoms with E-state index in [0.29, 0.717) is 18.6 Å². The van der Waals surface area contributed by atoms with Crippen molar-refractivity contribution in [1.29, 1.82) is 0 Å². The molecule has 3 rings (SSSR count). The Labute approximate surface area is 132 Å². The fraction of sp³-hybridized carbons (Fsp3) is 0.421. The molecule has 0 radical (unpaired) electrons. The van der Waals surface area contributed by atoms with Crippen LogP contribution in [-0.2, 0) is 0 Å². The summed E-state index contributed by atoms with van der Waals surface area (Å²) < 4.78 is 0. The molecule has 1 N–H and O–H groups in total. The summed E-state index contributed by atoms with van der Waals surface area (Å²) in [6.07, 6.45) is 3.91. The van der Waals surface area contributed by atoms with Gasteiger partial charge in [-0.05, 0) is 44.9 Å². The van der Waals surface area contributed by atoms with E-state index in [0.717, 1.165) is 27.7 Å². The molecule has 1 aromatic carbocycles. The van der Waals surface area contributed by atoms with Crippen LogP contribution in [0.5, 0.6) is 0 Å². The quantitative estimate of drug-likeness (QED) is 0.880. The summed E-state index contributed by atoms with van der Waals surface area (Å²) in [7, 11) is 0. The molecule has 3 unspecified atom stereocenters. The second-order valence-corrected chi connectivity index (χ2v) is 6.40. The van der Waals surface area contributed by atoms with Crippen LogP contribution in [0, 0.1) is 13.8 Å². The van der Waals surface area contributed by atoms with Crippen molar-refractivity contribution < 1.29 is 5.11 Å². The largest absolute Gasteiger partial charge is 0.387 e. The molecule has 0 spiro atoms. The normalized spacial score (nSPS) is 23.3. The number of rotatable bonds is 3. The third-order valence-electron chi connectivity index (χ3n) is 4.66. The zero-order valence-electron chi connectivity index (χ0n) is 13.7. The molecule has 0 saturated carbocycles. The lowest BCUT2D eigenvalue weighted by atomic mass is 10.00. The van der Waals surface area contributed by atoms with Gasteiger partial charge < -0.3 is 5.11 Å². The van der Waals surface area contributed by atoms with E-state index < -0.39 is 6.10 Å². The lowest BCUT2D eigenvalue weighted by molar-refractivity contribution is 0.0978. The molecule has 116 valence electrons. The van der Waals surface area contributed by atoms with Crippen molar-refractivity contribution in [1.82, 2.24) is 9.88 Å². The molecule has 22 heavy (non-hydrogen) atoms. The van der Waals surface area contributed by atoms with Crippen molar-refractivity contribution in [3.63, 3.8) is 0 Å². The van der Waals surface area contributed by atoms with Crippen LogP contribution in [0.1, 0.15) is 36.8 Å². The molecule has 0 aliphatic carbocycles. The molecule has 1 aromatic heterocycles. The fourth-order valence-electron chi connectivity index (χ4n) is 3.37. The smallest absolute Gasteiger partial charge is 0.0924 e. The van der Waals surface area contributed by atoms with Crippen LogP contribution < -0.4 is 0 Å². The highest BCUT2D eigenvalue weighted by Crippen LogP contribution is 2.28. The minimum Gasteiger partial charge on any atom is -0.387 e. The summed E-state index contributed by atoms with van der Waals surface area (Å²) in [6.45, 7) is 9.05. The number of benzene rings is 1. The first-order valence-electron chi connectivity index (χ1n) is 7.96. The van der Waals surface area contributed by atoms with Gasteiger partial charge in [-0.15, -0.1) is 0 Å². The van der Waals surface area contributed by atoms with Gasteiger partial charge >= 0.3 is 0 Å². The Morgan fingerprint density at radius 2 is 1.86 bits per heavy atom. The van der Waals surface area contributed by atoms with Crippen LogP contribution in [0.4, 0.5) is 0 Å². The predicted molar refractivity (Wildman–Crippen MR) is 90.9 cm³/mol. The lowest BCUT2D eigenvalue weighted by Crippen LogP contribution is -2.37. The number of β-amino-alcohol motifs (C(OH)–C–C–N with tert-alkyl or cyclic N) is 1. The molecular formula is C19H24N2O. The van der Waals surface area contributed by atoms with Crippen LogP contribution in [0.15, 0.2) is 36.4 Å². The summed E-state index contributed by atoms with van der Waals surface area (Å²) in [6, 6.07) is 8.93. The van der Waals surface area contributed by atoms with Gasteiger partial charge in [-0.25, -0.2) is 0 Å². The minimum absolute atomic E-state index is 0.376. The molecule has 2 heterocycles. The Bertz CT molecular complexity index is 711. The maximum atomic E-state index is 10.8. The van der Waals surface area contributed by atoms with Crippen LogP contribution in [0.2, 0.25) is 0 Å². The van der Waals surface area contributed by atoms with Crippen LogP contribution in [0.25, 0.3) is 10.9 Å². The van der Waals surface area contributed by atoms with Crippen molar-refractivity contribution in [2.45, 2.75) is 45.9 Å². The number of aromatic nitrogens is 1. The van der Waals surface area contributed by atoms with E-state index in [4.69, 9.17) is 0 Å². The highest BCUT2D eigenvalue weighted by atomic mass is 16.3. The van der Waals surface area contributed by atoms with Gasteiger partial charge in [-0.2, -0.15) is 0 Å². The number of fused-ring (bicyclic) bond motifs is 1. The van der Waals surface area contributed by atoms with Crippen molar-refractivity contribution >= 4 is 10.9 Å². The highest BCUT2D eigenvalue weighted by Gasteiger charge is 2.25. The van der Waals surface area contributed by atoms with E-state index in [1.165, 1.54) is 0 Å². The van der Waals surface area contributed by atoms with Gasteiger partial charge in [0.05, 0.1) is 11.6 Å². The van der Waals surface area contributed by atoms with Gasteiger partial charge in [0.15, 0.2) is 0 Å². The summed E-state index contributed by atoms with van der Waals surface area (Å²) in [5, 5.41) is 11.9. The molecule has 0 saturated heterocycles. The topological polar surface area (TPSA) is 36.4 Å². The van der Waals surface area contributed by atoms with Gasteiger partial charge in [0.2, 0.25) is 0 Å². The first-order valence-corrected chi connectivity index (χ1v) is 7.96. The molecular weight excluding hydrogens is 272 g/mol. The number of aliphatic hydroxyl groups is 1. The minimum atomic E-state index is -0.504. The number of aliphatic hydroxyl groups excluding tert-OH is 1. The highest BCUT2D eigenvalue weighted by molar-refractivity contribution is 5.85. The van der Waals surface area contributed by atoms with Gasteiger partial charge in [-0.3, -0.25) is 9.88 Å². The van der Waals surface area contributed by atoms with E-state index in [2.05, 4.69) is 54.9 Å². The molecule has 3 heteroatoms. The first-order chi connectivity index (χ1) is 10.5. The van der Waals surface area contributed by atoms with Crippen molar-refractivity contribution in [3.05, 3.63) is 53.2 Å². The monoisotopic (exact) mass is 296 g/mol. The van der Waals surface area contributed by atoms with E-state index in [-0.39, 0.29) is 0 Å². The maximum absolute atomic E-state index is 10.8. The first kappa shape index (κ1) is 15.2. The Kier molecular flexibility index (Phi) is 4.02. The van der Waals surface area contributed by atoms with Crippen molar-refractivity contribution in [3.8, 4) is 0 Å². The zero-order valence-corrected chi connectivity index (χ0v) is 13.7. The second kappa shape index (κ2) is 5.82. The summed E-state index contributed by atoms with van der Waals surface area (Å²) in [4.78, 5) is 6.96. The fourth-order valence-corrected chi connectivity index (χ4v) is 3.37. The summed E-state index contributed by atoms with van der Waals surface area (Å²) in [5.41, 5.74) is 4.09. The van der Waals surface area contributed by atoms with E-state index >= 15 is 0 Å². The predicted octanol–water partition coefficient (Wildman–Crippen LogP) is 3.53. The average Bonchev–Trinajstić information content (AvgIpc) is 2.79. The van der Waals surface area contributed by atoms with Gasteiger partial charge in [0.1, 0.15) is 0 Å². The third kappa shape index (κ3) is 2.67. The average molecular weight is 296 g/mol.